The average Bonchev–Trinajstić information content (AvgIpc) is 3.16. The molecule has 1 aliphatic rings. The molecule has 9 heteroatoms. The van der Waals surface area contributed by atoms with Gasteiger partial charge in [0.1, 0.15) is 29.4 Å². The number of fused-ring (bicyclic) bond motifs is 1. The zero-order valence-electron chi connectivity index (χ0n) is 17.7. The van der Waals surface area contributed by atoms with Crippen LogP contribution in [0.25, 0.3) is 22.3 Å². The Morgan fingerprint density at radius 2 is 1.94 bits per heavy atom. The number of nitrogens with two attached hydrogens (primary N) is 1. The summed E-state index contributed by atoms with van der Waals surface area (Å²) in [6.45, 7) is 4.51. The van der Waals surface area contributed by atoms with Gasteiger partial charge in [-0.05, 0) is 49.2 Å². The van der Waals surface area contributed by atoms with Gasteiger partial charge in [-0.3, -0.25) is 0 Å². The number of hydrogen-bond donors (Lipinski definition) is 2. The minimum atomic E-state index is -0.768. The fourth-order valence-electron chi connectivity index (χ4n) is 4.02. The van der Waals surface area contributed by atoms with Crippen molar-refractivity contribution in [3.8, 4) is 22.8 Å². The quantitative estimate of drug-likeness (QED) is 0.401. The van der Waals surface area contributed by atoms with Gasteiger partial charge in [-0.15, -0.1) is 6.58 Å². The van der Waals surface area contributed by atoms with Gasteiger partial charge >= 0.3 is 0 Å². The summed E-state index contributed by atoms with van der Waals surface area (Å²) in [5.41, 5.74) is 8.36. The zero-order chi connectivity index (χ0) is 22.9. The maximum absolute atomic E-state index is 13.9. The number of ether oxygens (including phenoxy) is 1. The number of anilines is 1. The van der Waals surface area contributed by atoms with E-state index in [4.69, 9.17) is 15.6 Å². The van der Waals surface area contributed by atoms with Crippen LogP contribution in [0.1, 0.15) is 18.9 Å². The highest BCUT2D eigenvalue weighted by Crippen LogP contribution is 2.38. The molecule has 0 spiro atoms. The highest BCUT2D eigenvalue weighted by atomic mass is 19.1. The number of halogens is 2. The van der Waals surface area contributed by atoms with Crippen LogP contribution < -0.4 is 15.8 Å². The summed E-state index contributed by atoms with van der Waals surface area (Å²) in [5, 5.41) is 8.95. The zero-order valence-corrected chi connectivity index (χ0v) is 17.7. The molecule has 168 valence electrons. The summed E-state index contributed by atoms with van der Waals surface area (Å²) in [7, 11) is 0. The summed E-state index contributed by atoms with van der Waals surface area (Å²) < 4.78 is 34.5. The molecule has 1 saturated carbocycles. The minimum absolute atomic E-state index is 0.0545. The lowest BCUT2D eigenvalue weighted by Gasteiger charge is -2.36. The van der Waals surface area contributed by atoms with Crippen molar-refractivity contribution in [3.63, 3.8) is 0 Å². The first-order valence-corrected chi connectivity index (χ1v) is 10.6. The second-order valence-electron chi connectivity index (χ2n) is 7.97. The summed E-state index contributed by atoms with van der Waals surface area (Å²) in [6.07, 6.45) is 5.16. The van der Waals surface area contributed by atoms with Crippen LogP contribution >= 0.6 is 0 Å². The molecule has 0 saturated heterocycles. The first kappa shape index (κ1) is 21.0. The molecule has 7 nitrogen and oxygen atoms in total. The van der Waals surface area contributed by atoms with E-state index in [0.29, 0.717) is 34.3 Å². The molecule has 33 heavy (non-hydrogen) atoms. The van der Waals surface area contributed by atoms with Crippen molar-refractivity contribution in [1.29, 1.82) is 0 Å². The molecular formula is C24H22F2N6O. The Morgan fingerprint density at radius 3 is 2.67 bits per heavy atom. The molecule has 2 aromatic carbocycles. The number of aromatic nitrogens is 4. The van der Waals surface area contributed by atoms with E-state index < -0.39 is 11.6 Å². The number of nitrogens with zero attached hydrogens (tertiary/aromatic N) is 4. The van der Waals surface area contributed by atoms with Crippen molar-refractivity contribution in [2.45, 2.75) is 24.9 Å². The SMILES string of the molecule is C=CCN[C@H]1C[C@@H](n2nc(-c3ccc(Oc4ccc(F)cc4F)cc3)c3c(N)ncnc32)C1. The highest BCUT2D eigenvalue weighted by molar-refractivity contribution is 5.98. The van der Waals surface area contributed by atoms with Gasteiger partial charge in [-0.2, -0.15) is 5.10 Å². The Kier molecular flexibility index (Phi) is 5.47. The van der Waals surface area contributed by atoms with Gasteiger partial charge < -0.3 is 15.8 Å². The number of benzene rings is 2. The maximum Gasteiger partial charge on any atom is 0.168 e. The Morgan fingerprint density at radius 1 is 1.15 bits per heavy atom. The topological polar surface area (TPSA) is 90.9 Å². The predicted molar refractivity (Wildman–Crippen MR) is 122 cm³/mol. The van der Waals surface area contributed by atoms with Crippen LogP contribution in [0, 0.1) is 11.6 Å². The predicted octanol–water partition coefficient (Wildman–Crippen LogP) is 4.63. The number of nitrogen functional groups attached to an aromatic ring is 1. The Labute approximate surface area is 188 Å². The van der Waals surface area contributed by atoms with E-state index in [2.05, 4.69) is 21.9 Å². The van der Waals surface area contributed by atoms with E-state index in [0.717, 1.165) is 37.1 Å². The first-order valence-electron chi connectivity index (χ1n) is 10.6. The van der Waals surface area contributed by atoms with E-state index in [9.17, 15) is 8.78 Å². The second kappa shape index (κ2) is 8.59. The largest absolute Gasteiger partial charge is 0.454 e. The number of hydrogen-bond acceptors (Lipinski definition) is 6. The lowest BCUT2D eigenvalue weighted by Crippen LogP contribution is -2.42. The van der Waals surface area contributed by atoms with Gasteiger partial charge in [0.2, 0.25) is 0 Å². The molecule has 0 radical (unpaired) electrons. The van der Waals surface area contributed by atoms with E-state index in [-0.39, 0.29) is 11.8 Å². The Balaban J connectivity index is 1.43. The summed E-state index contributed by atoms with van der Waals surface area (Å²) >= 11 is 0. The number of nitrogens with one attached hydrogen (secondary N) is 1. The van der Waals surface area contributed by atoms with Crippen molar-refractivity contribution < 1.29 is 13.5 Å². The molecular weight excluding hydrogens is 426 g/mol. The number of rotatable bonds is 7. The smallest absolute Gasteiger partial charge is 0.168 e. The second-order valence-corrected chi connectivity index (χ2v) is 7.97. The van der Waals surface area contributed by atoms with Crippen LogP contribution in [0.5, 0.6) is 11.5 Å². The molecule has 3 N–H and O–H groups in total. The van der Waals surface area contributed by atoms with Crippen molar-refractivity contribution in [3.05, 3.63) is 73.1 Å². The lowest BCUT2D eigenvalue weighted by atomic mass is 9.87. The molecule has 0 amide bonds. The molecule has 0 unspecified atom stereocenters. The molecule has 0 atom stereocenters. The third-order valence-electron chi connectivity index (χ3n) is 5.78. The van der Waals surface area contributed by atoms with Crippen molar-refractivity contribution in [2.75, 3.05) is 12.3 Å². The standard InChI is InChI=1S/C24H22F2N6O/c1-2-9-28-16-11-17(12-16)32-24-21(23(27)29-13-30-24)22(31-32)14-3-6-18(7-4-14)33-20-8-5-15(25)10-19(20)26/h2-8,10,13,16-17,28H,1,9,11-12H2,(H2,27,29,30)/t16-,17+. The van der Waals surface area contributed by atoms with E-state index >= 15 is 0 Å². The van der Waals surface area contributed by atoms with Crippen LogP contribution in [0.2, 0.25) is 0 Å². The summed E-state index contributed by atoms with van der Waals surface area (Å²) in [4.78, 5) is 8.59. The molecule has 2 aromatic heterocycles. The van der Waals surface area contributed by atoms with Crippen LogP contribution in [0.15, 0.2) is 61.4 Å². The highest BCUT2D eigenvalue weighted by Gasteiger charge is 2.33. The monoisotopic (exact) mass is 448 g/mol. The molecule has 0 bridgehead atoms. The average molecular weight is 448 g/mol. The van der Waals surface area contributed by atoms with Gasteiger partial charge in [0.25, 0.3) is 0 Å². The van der Waals surface area contributed by atoms with E-state index in [1.807, 2.05) is 22.9 Å². The molecule has 5 rings (SSSR count). The molecule has 0 aliphatic heterocycles. The van der Waals surface area contributed by atoms with Crippen LogP contribution in [0.3, 0.4) is 0 Å². The van der Waals surface area contributed by atoms with Crippen LogP contribution in [-0.2, 0) is 0 Å². The van der Waals surface area contributed by atoms with Gasteiger partial charge in [0, 0.05) is 24.2 Å². The summed E-state index contributed by atoms with van der Waals surface area (Å²) in [5.74, 6) is -0.717. The molecule has 1 fully saturated rings. The van der Waals surface area contributed by atoms with Gasteiger partial charge in [0.05, 0.1) is 11.4 Å². The van der Waals surface area contributed by atoms with Crippen molar-refractivity contribution >= 4 is 16.9 Å². The van der Waals surface area contributed by atoms with Crippen LogP contribution in [0.4, 0.5) is 14.6 Å². The minimum Gasteiger partial charge on any atom is -0.454 e. The van der Waals surface area contributed by atoms with E-state index in [1.54, 1.807) is 12.1 Å². The van der Waals surface area contributed by atoms with Crippen LogP contribution in [-0.4, -0.2) is 32.3 Å². The normalized spacial score (nSPS) is 17.6. The third-order valence-corrected chi connectivity index (χ3v) is 5.78. The Hall–Kier alpha value is -3.85. The van der Waals surface area contributed by atoms with E-state index in [1.165, 1.54) is 12.4 Å². The summed E-state index contributed by atoms with van der Waals surface area (Å²) in [6, 6.07) is 10.8. The third kappa shape index (κ3) is 4.03. The Bertz CT molecular complexity index is 1310. The van der Waals surface area contributed by atoms with Crippen molar-refractivity contribution in [2.24, 2.45) is 0 Å². The lowest BCUT2D eigenvalue weighted by molar-refractivity contribution is 0.220. The van der Waals surface area contributed by atoms with Gasteiger partial charge in [-0.1, -0.05) is 6.08 Å². The molecule has 1 aliphatic carbocycles. The van der Waals surface area contributed by atoms with Gasteiger partial charge in [0.15, 0.2) is 17.2 Å². The molecule has 4 aromatic rings. The van der Waals surface area contributed by atoms with Gasteiger partial charge in [-0.25, -0.2) is 23.4 Å². The molecule has 2 heterocycles. The first-order chi connectivity index (χ1) is 16.0. The fourth-order valence-corrected chi connectivity index (χ4v) is 4.02. The fraction of sp³-hybridized carbons (Fsp3) is 0.208. The maximum atomic E-state index is 13.9. The van der Waals surface area contributed by atoms with Crippen molar-refractivity contribution in [1.82, 2.24) is 25.1 Å².